The predicted molar refractivity (Wildman–Crippen MR) is 63.9 cm³/mol. The van der Waals surface area contributed by atoms with Gasteiger partial charge >= 0.3 is 0 Å². The summed E-state index contributed by atoms with van der Waals surface area (Å²) in [6.07, 6.45) is 1.73. The highest BCUT2D eigenvalue weighted by atomic mass is 35.5. The van der Waals surface area contributed by atoms with Crippen LogP contribution < -0.4 is 0 Å². The Hall–Kier alpha value is -1.68. The molecule has 2 aromatic rings. The second kappa shape index (κ2) is 4.45. The van der Waals surface area contributed by atoms with E-state index in [1.165, 1.54) is 0 Å². The molecule has 0 atom stereocenters. The van der Waals surface area contributed by atoms with Gasteiger partial charge in [-0.3, -0.25) is 0 Å². The van der Waals surface area contributed by atoms with Crippen molar-refractivity contribution in [1.29, 1.82) is 0 Å². The third-order valence-electron chi connectivity index (χ3n) is 2.12. The van der Waals surface area contributed by atoms with Gasteiger partial charge < -0.3 is 0 Å². The molecule has 0 bridgehead atoms. The fourth-order valence-corrected chi connectivity index (χ4v) is 1.54. The Balaban J connectivity index is 2.28. The maximum Gasteiger partial charge on any atom is 0.151 e. The second-order valence-electron chi connectivity index (χ2n) is 3.41. The number of benzene rings is 1. The van der Waals surface area contributed by atoms with E-state index in [-0.39, 0.29) is 0 Å². The molecule has 1 heterocycles. The summed E-state index contributed by atoms with van der Waals surface area (Å²) in [5, 5.41) is 12.8. The summed E-state index contributed by atoms with van der Waals surface area (Å²) in [5.41, 5.74) is 0.944. The predicted octanol–water partition coefficient (Wildman–Crippen LogP) is 2.43. The van der Waals surface area contributed by atoms with Crippen LogP contribution in [0.3, 0.4) is 0 Å². The highest BCUT2D eigenvalue weighted by Crippen LogP contribution is 2.09. The first-order chi connectivity index (χ1) is 7.66. The van der Waals surface area contributed by atoms with E-state index < -0.39 is 0 Å². The van der Waals surface area contributed by atoms with Crippen molar-refractivity contribution in [2.75, 3.05) is 0 Å². The lowest BCUT2D eigenvalue weighted by molar-refractivity contribution is 0.799. The minimum atomic E-state index is 0.696. The minimum Gasteiger partial charge on any atom is -0.202 e. The van der Waals surface area contributed by atoms with Crippen molar-refractivity contribution < 1.29 is 0 Å². The summed E-state index contributed by atoms with van der Waals surface area (Å²) in [4.78, 5) is 0. The van der Waals surface area contributed by atoms with E-state index in [2.05, 4.69) is 15.3 Å². The van der Waals surface area contributed by atoms with Crippen molar-refractivity contribution in [1.82, 2.24) is 14.9 Å². The zero-order chi connectivity index (χ0) is 11.5. The van der Waals surface area contributed by atoms with Crippen LogP contribution in [0.15, 0.2) is 29.4 Å². The molecule has 0 fully saturated rings. The molecule has 0 spiro atoms. The summed E-state index contributed by atoms with van der Waals surface area (Å²) >= 11 is 5.87. The van der Waals surface area contributed by atoms with Crippen LogP contribution in [0.5, 0.6) is 0 Å². The summed E-state index contributed by atoms with van der Waals surface area (Å²) in [6.45, 7) is 3.71. The van der Waals surface area contributed by atoms with Gasteiger partial charge in [-0.2, -0.15) is 5.10 Å². The number of hydrogen-bond donors (Lipinski definition) is 0. The average Bonchev–Trinajstić information content (AvgIpc) is 2.56. The molecular weight excluding hydrogens is 224 g/mol. The molecule has 16 heavy (non-hydrogen) atoms. The highest BCUT2D eigenvalue weighted by Gasteiger charge is 2.00. The first-order valence-corrected chi connectivity index (χ1v) is 5.23. The molecule has 1 aromatic heterocycles. The molecule has 82 valence electrons. The van der Waals surface area contributed by atoms with E-state index in [0.717, 1.165) is 17.2 Å². The van der Waals surface area contributed by atoms with Gasteiger partial charge in [-0.15, -0.1) is 10.2 Å². The maximum absolute atomic E-state index is 5.87. The largest absolute Gasteiger partial charge is 0.202 e. The Morgan fingerprint density at radius 1 is 1.25 bits per heavy atom. The van der Waals surface area contributed by atoms with Gasteiger partial charge in [0.05, 0.1) is 6.21 Å². The smallest absolute Gasteiger partial charge is 0.151 e. The molecule has 0 aliphatic rings. The molecule has 0 amide bonds. The topological polar surface area (TPSA) is 43.1 Å². The highest BCUT2D eigenvalue weighted by molar-refractivity contribution is 6.30. The van der Waals surface area contributed by atoms with Crippen LogP contribution in [-0.2, 0) is 0 Å². The van der Waals surface area contributed by atoms with Gasteiger partial charge in [-0.05, 0) is 31.5 Å². The van der Waals surface area contributed by atoms with E-state index in [0.29, 0.717) is 5.02 Å². The average molecular weight is 235 g/mol. The van der Waals surface area contributed by atoms with E-state index >= 15 is 0 Å². The van der Waals surface area contributed by atoms with Crippen LogP contribution in [-0.4, -0.2) is 21.1 Å². The normalized spacial score (nSPS) is 11.2. The third kappa shape index (κ3) is 2.28. The zero-order valence-electron chi connectivity index (χ0n) is 9.05. The number of hydrogen-bond acceptors (Lipinski definition) is 3. The number of aromatic nitrogens is 3. The van der Waals surface area contributed by atoms with Gasteiger partial charge in [0, 0.05) is 5.02 Å². The number of nitrogens with zero attached hydrogens (tertiary/aromatic N) is 4. The molecule has 1 aromatic carbocycles. The van der Waals surface area contributed by atoms with Crippen molar-refractivity contribution in [2.45, 2.75) is 13.8 Å². The Labute approximate surface area is 98.6 Å². The van der Waals surface area contributed by atoms with Crippen molar-refractivity contribution in [3.63, 3.8) is 0 Å². The van der Waals surface area contributed by atoms with E-state index in [1.807, 2.05) is 38.1 Å². The molecule has 2 rings (SSSR count). The quantitative estimate of drug-likeness (QED) is 0.749. The SMILES string of the molecule is Cc1nnc(C)n1/N=C/c1cccc(Cl)c1. The molecule has 0 aliphatic heterocycles. The van der Waals surface area contributed by atoms with E-state index in [1.54, 1.807) is 10.9 Å². The van der Waals surface area contributed by atoms with Crippen LogP contribution in [0, 0.1) is 13.8 Å². The summed E-state index contributed by atoms with van der Waals surface area (Å²) < 4.78 is 1.68. The van der Waals surface area contributed by atoms with Crippen LogP contribution >= 0.6 is 11.6 Å². The molecule has 0 radical (unpaired) electrons. The summed E-state index contributed by atoms with van der Waals surface area (Å²) in [6, 6.07) is 7.49. The molecule has 0 saturated carbocycles. The van der Waals surface area contributed by atoms with Gasteiger partial charge in [0.2, 0.25) is 0 Å². The fraction of sp³-hybridized carbons (Fsp3) is 0.182. The Kier molecular flexibility index (Phi) is 3.01. The first-order valence-electron chi connectivity index (χ1n) is 4.85. The van der Waals surface area contributed by atoms with Crippen LogP contribution in [0.2, 0.25) is 5.02 Å². The van der Waals surface area contributed by atoms with Crippen molar-refractivity contribution in [2.24, 2.45) is 5.10 Å². The lowest BCUT2D eigenvalue weighted by atomic mass is 10.2. The molecule has 0 saturated heterocycles. The zero-order valence-corrected chi connectivity index (χ0v) is 9.81. The summed E-state index contributed by atoms with van der Waals surface area (Å²) in [5.74, 6) is 1.52. The standard InChI is InChI=1S/C11H11ClN4/c1-8-14-15-9(2)16(8)13-7-10-4-3-5-11(12)6-10/h3-7H,1-2H3/b13-7+. The van der Waals surface area contributed by atoms with E-state index in [9.17, 15) is 0 Å². The molecule has 0 aliphatic carbocycles. The second-order valence-corrected chi connectivity index (χ2v) is 3.84. The number of aryl methyl sites for hydroxylation is 2. The molecule has 5 heteroatoms. The lowest BCUT2D eigenvalue weighted by Crippen LogP contribution is -1.96. The van der Waals surface area contributed by atoms with E-state index in [4.69, 9.17) is 11.6 Å². The van der Waals surface area contributed by atoms with Gasteiger partial charge in [-0.1, -0.05) is 23.7 Å². The van der Waals surface area contributed by atoms with Crippen LogP contribution in [0.1, 0.15) is 17.2 Å². The Morgan fingerprint density at radius 2 is 1.94 bits per heavy atom. The molecule has 4 nitrogen and oxygen atoms in total. The monoisotopic (exact) mass is 234 g/mol. The van der Waals surface area contributed by atoms with Crippen molar-refractivity contribution in [3.8, 4) is 0 Å². The van der Waals surface area contributed by atoms with Gasteiger partial charge in [-0.25, -0.2) is 4.68 Å². The molecule has 0 N–H and O–H groups in total. The fourth-order valence-electron chi connectivity index (χ4n) is 1.34. The van der Waals surface area contributed by atoms with Crippen molar-refractivity contribution >= 4 is 17.8 Å². The Bertz CT molecular complexity index is 511. The van der Waals surface area contributed by atoms with Crippen LogP contribution in [0.25, 0.3) is 0 Å². The van der Waals surface area contributed by atoms with Gasteiger partial charge in [0.25, 0.3) is 0 Å². The first kappa shape index (κ1) is 10.8. The maximum atomic E-state index is 5.87. The van der Waals surface area contributed by atoms with Gasteiger partial charge in [0.1, 0.15) is 0 Å². The van der Waals surface area contributed by atoms with Crippen molar-refractivity contribution in [3.05, 3.63) is 46.5 Å². The van der Waals surface area contributed by atoms with Crippen LogP contribution in [0.4, 0.5) is 0 Å². The number of halogens is 1. The Morgan fingerprint density at radius 3 is 2.56 bits per heavy atom. The lowest BCUT2D eigenvalue weighted by Gasteiger charge is -1.97. The minimum absolute atomic E-state index is 0.696. The summed E-state index contributed by atoms with van der Waals surface area (Å²) in [7, 11) is 0. The van der Waals surface area contributed by atoms with Gasteiger partial charge in [0.15, 0.2) is 11.6 Å². The third-order valence-corrected chi connectivity index (χ3v) is 2.36. The molecule has 0 unspecified atom stereocenters. The molecular formula is C11H11ClN4. The number of rotatable bonds is 2.